The topological polar surface area (TPSA) is 93.3 Å². The SMILES string of the molecule is O=C(O)c1cc([N+](=O)[O-])nc(Br)c1C(F)F. The monoisotopic (exact) mass is 296 g/mol. The fourth-order valence-electron chi connectivity index (χ4n) is 0.989. The predicted octanol–water partition coefficient (Wildman–Crippen LogP) is 2.39. The van der Waals surface area contributed by atoms with Crippen molar-refractivity contribution in [2.24, 2.45) is 0 Å². The summed E-state index contributed by atoms with van der Waals surface area (Å²) in [4.78, 5) is 23.2. The number of alkyl halides is 2. The third-order valence-electron chi connectivity index (χ3n) is 1.63. The van der Waals surface area contributed by atoms with Crippen LogP contribution in [0.3, 0.4) is 0 Å². The lowest BCUT2D eigenvalue weighted by molar-refractivity contribution is -0.389. The number of nitrogens with zero attached hydrogens (tertiary/aromatic N) is 2. The molecule has 0 bridgehead atoms. The van der Waals surface area contributed by atoms with Crippen molar-refractivity contribution in [3.63, 3.8) is 0 Å². The first-order chi connectivity index (χ1) is 7.34. The molecule has 9 heteroatoms. The number of rotatable bonds is 3. The summed E-state index contributed by atoms with van der Waals surface area (Å²) >= 11 is 2.58. The third kappa shape index (κ3) is 2.30. The minimum Gasteiger partial charge on any atom is -0.478 e. The molecule has 0 spiro atoms. The van der Waals surface area contributed by atoms with Gasteiger partial charge < -0.3 is 15.2 Å². The second kappa shape index (κ2) is 4.47. The zero-order valence-corrected chi connectivity index (χ0v) is 8.94. The van der Waals surface area contributed by atoms with Gasteiger partial charge in [-0.2, -0.15) is 0 Å². The number of carboxylic acids is 1. The quantitative estimate of drug-likeness (QED) is 0.525. The molecule has 0 atom stereocenters. The van der Waals surface area contributed by atoms with Gasteiger partial charge in [0.1, 0.15) is 0 Å². The minimum absolute atomic E-state index is 0.495. The van der Waals surface area contributed by atoms with Crippen LogP contribution in [0, 0.1) is 10.1 Å². The van der Waals surface area contributed by atoms with E-state index in [9.17, 15) is 23.7 Å². The van der Waals surface area contributed by atoms with Crippen molar-refractivity contribution in [3.8, 4) is 0 Å². The van der Waals surface area contributed by atoms with Crippen LogP contribution < -0.4 is 0 Å². The van der Waals surface area contributed by atoms with Crippen molar-refractivity contribution in [3.05, 3.63) is 31.9 Å². The normalized spacial score (nSPS) is 10.5. The van der Waals surface area contributed by atoms with Crippen LogP contribution in [-0.2, 0) is 0 Å². The first-order valence-electron chi connectivity index (χ1n) is 3.71. The van der Waals surface area contributed by atoms with Crippen molar-refractivity contribution in [1.29, 1.82) is 0 Å². The molecule has 0 amide bonds. The summed E-state index contributed by atoms with van der Waals surface area (Å²) in [5.74, 6) is -2.49. The van der Waals surface area contributed by atoms with Crippen LogP contribution in [0.15, 0.2) is 10.7 Å². The molecule has 1 N–H and O–H groups in total. The maximum Gasteiger partial charge on any atom is 0.365 e. The standard InChI is InChI=1S/C7H3BrF2N2O4/c8-5-4(6(9)10)2(7(13)14)1-3(11-5)12(15)16/h1,6H,(H,13,14). The largest absolute Gasteiger partial charge is 0.478 e. The van der Waals surface area contributed by atoms with E-state index in [1.54, 1.807) is 0 Å². The van der Waals surface area contributed by atoms with Crippen LogP contribution in [0.25, 0.3) is 0 Å². The molecule has 1 rings (SSSR count). The molecule has 16 heavy (non-hydrogen) atoms. The maximum atomic E-state index is 12.5. The number of aromatic nitrogens is 1. The van der Waals surface area contributed by atoms with Crippen LogP contribution in [-0.4, -0.2) is 21.0 Å². The molecule has 0 unspecified atom stereocenters. The fourth-order valence-corrected chi connectivity index (χ4v) is 1.56. The van der Waals surface area contributed by atoms with E-state index < -0.39 is 38.9 Å². The van der Waals surface area contributed by atoms with Crippen LogP contribution >= 0.6 is 15.9 Å². The average Bonchev–Trinajstić information content (AvgIpc) is 2.15. The van der Waals surface area contributed by atoms with Gasteiger partial charge in [-0.3, -0.25) is 0 Å². The first-order valence-corrected chi connectivity index (χ1v) is 4.50. The van der Waals surface area contributed by atoms with Crippen molar-refractivity contribution in [2.75, 3.05) is 0 Å². The Kier molecular flexibility index (Phi) is 3.48. The number of hydrogen-bond acceptors (Lipinski definition) is 4. The van der Waals surface area contributed by atoms with E-state index in [0.717, 1.165) is 0 Å². The number of nitro groups is 1. The van der Waals surface area contributed by atoms with Crippen molar-refractivity contribution < 1.29 is 23.6 Å². The smallest absolute Gasteiger partial charge is 0.365 e. The lowest BCUT2D eigenvalue weighted by Gasteiger charge is -2.04. The highest BCUT2D eigenvalue weighted by atomic mass is 79.9. The lowest BCUT2D eigenvalue weighted by Crippen LogP contribution is -2.07. The van der Waals surface area contributed by atoms with E-state index in [4.69, 9.17) is 5.11 Å². The molecule has 0 aliphatic rings. The molecule has 6 nitrogen and oxygen atoms in total. The third-order valence-corrected chi connectivity index (χ3v) is 2.24. The van der Waals surface area contributed by atoms with Gasteiger partial charge in [0, 0.05) is 15.9 Å². The first kappa shape index (κ1) is 12.4. The number of pyridine rings is 1. The summed E-state index contributed by atoms with van der Waals surface area (Å²) in [6.07, 6.45) is -3.09. The van der Waals surface area contributed by atoms with Crippen LogP contribution in [0.2, 0.25) is 0 Å². The van der Waals surface area contributed by atoms with Gasteiger partial charge >= 0.3 is 11.8 Å². The summed E-state index contributed by atoms with van der Waals surface area (Å²) in [7, 11) is 0. The van der Waals surface area contributed by atoms with E-state index in [-0.39, 0.29) is 0 Å². The van der Waals surface area contributed by atoms with Crippen LogP contribution in [0.5, 0.6) is 0 Å². The Labute approximate surface area is 95.2 Å². The fraction of sp³-hybridized carbons (Fsp3) is 0.143. The number of aromatic carboxylic acids is 1. The van der Waals surface area contributed by atoms with E-state index in [1.165, 1.54) is 0 Å². The zero-order chi connectivity index (χ0) is 12.5. The summed E-state index contributed by atoms with van der Waals surface area (Å²) in [6, 6.07) is 0.495. The molecule has 0 saturated carbocycles. The lowest BCUT2D eigenvalue weighted by atomic mass is 10.1. The molecule has 1 aromatic heterocycles. The minimum atomic E-state index is -3.09. The second-order valence-corrected chi connectivity index (χ2v) is 3.35. The summed E-state index contributed by atoms with van der Waals surface area (Å²) in [5, 5.41) is 19.0. The summed E-state index contributed by atoms with van der Waals surface area (Å²) in [6.45, 7) is 0. The van der Waals surface area contributed by atoms with Crippen LogP contribution in [0.4, 0.5) is 14.6 Å². The number of carbonyl (C=O) groups is 1. The Morgan fingerprint density at radius 3 is 2.56 bits per heavy atom. The van der Waals surface area contributed by atoms with Crippen molar-refractivity contribution >= 4 is 27.7 Å². The molecule has 0 aliphatic heterocycles. The van der Waals surface area contributed by atoms with Gasteiger partial charge in [0.05, 0.1) is 17.2 Å². The number of carboxylic acid groups (broad SMARTS) is 1. The summed E-state index contributed by atoms with van der Waals surface area (Å²) in [5.41, 5.74) is -1.72. The molecule has 86 valence electrons. The molecule has 0 fully saturated rings. The molecule has 1 aromatic rings. The van der Waals surface area contributed by atoms with Gasteiger partial charge in [-0.05, 0) is 9.91 Å². The Morgan fingerprint density at radius 1 is 1.62 bits per heavy atom. The van der Waals surface area contributed by atoms with Gasteiger partial charge in [-0.1, -0.05) is 0 Å². The summed E-state index contributed by atoms with van der Waals surface area (Å²) < 4.78 is 24.4. The van der Waals surface area contributed by atoms with Gasteiger partial charge in [0.15, 0.2) is 0 Å². The Hall–Kier alpha value is -1.64. The van der Waals surface area contributed by atoms with E-state index in [0.29, 0.717) is 6.07 Å². The molecular formula is C7H3BrF2N2O4. The molecule has 0 aliphatic carbocycles. The predicted molar refractivity (Wildman–Crippen MR) is 50.5 cm³/mol. The van der Waals surface area contributed by atoms with Gasteiger partial charge in [-0.15, -0.1) is 0 Å². The highest BCUT2D eigenvalue weighted by molar-refractivity contribution is 9.10. The van der Waals surface area contributed by atoms with E-state index >= 15 is 0 Å². The van der Waals surface area contributed by atoms with E-state index in [1.807, 2.05) is 0 Å². The molecule has 1 heterocycles. The Bertz CT molecular complexity index is 466. The second-order valence-electron chi connectivity index (χ2n) is 2.60. The Morgan fingerprint density at radius 2 is 2.19 bits per heavy atom. The number of hydrogen-bond donors (Lipinski definition) is 1. The van der Waals surface area contributed by atoms with Crippen molar-refractivity contribution in [1.82, 2.24) is 4.98 Å². The molecular weight excluding hydrogens is 294 g/mol. The Balaban J connectivity index is 3.52. The van der Waals surface area contributed by atoms with Crippen LogP contribution in [0.1, 0.15) is 22.3 Å². The molecule has 0 saturated heterocycles. The molecule has 0 radical (unpaired) electrons. The van der Waals surface area contributed by atoms with E-state index in [2.05, 4.69) is 20.9 Å². The van der Waals surface area contributed by atoms with Gasteiger partial charge in [0.2, 0.25) is 4.60 Å². The highest BCUT2D eigenvalue weighted by Crippen LogP contribution is 2.31. The van der Waals surface area contributed by atoms with Crippen molar-refractivity contribution in [2.45, 2.75) is 6.43 Å². The van der Waals surface area contributed by atoms with Gasteiger partial charge in [-0.25, -0.2) is 13.6 Å². The zero-order valence-electron chi connectivity index (χ0n) is 7.35. The van der Waals surface area contributed by atoms with Gasteiger partial charge in [0.25, 0.3) is 6.43 Å². The maximum absolute atomic E-state index is 12.5. The highest BCUT2D eigenvalue weighted by Gasteiger charge is 2.28. The number of halogens is 3. The average molecular weight is 297 g/mol. The molecule has 0 aromatic carbocycles.